The Kier molecular flexibility index (Phi) is 2.83. The zero-order valence-corrected chi connectivity index (χ0v) is 9.31. The summed E-state index contributed by atoms with van der Waals surface area (Å²) in [7, 11) is 0. The van der Waals surface area contributed by atoms with Gasteiger partial charge in [0.2, 0.25) is 5.91 Å². The Labute approximate surface area is 99.3 Å². The van der Waals surface area contributed by atoms with Gasteiger partial charge < -0.3 is 0 Å². The summed E-state index contributed by atoms with van der Waals surface area (Å²) in [4.78, 5) is 16.1. The topological polar surface area (TPSA) is 33.2 Å². The molecule has 0 aliphatic carbocycles. The summed E-state index contributed by atoms with van der Waals surface area (Å²) in [5.41, 5.74) is -0.977. The first-order valence-electron chi connectivity index (χ1n) is 4.71. The van der Waals surface area contributed by atoms with Crippen LogP contribution in [0.4, 0.5) is 18.3 Å². The summed E-state index contributed by atoms with van der Waals surface area (Å²) >= 11 is 0.795. The van der Waals surface area contributed by atoms with Crippen LogP contribution >= 0.6 is 11.3 Å². The molecule has 7 heteroatoms. The predicted octanol–water partition coefficient (Wildman–Crippen LogP) is 2.15. The third-order valence-electron chi connectivity index (χ3n) is 2.37. The fraction of sp³-hybridized carbons (Fsp3) is 0.400. The molecular weight excluding hydrogens is 253 g/mol. The summed E-state index contributed by atoms with van der Waals surface area (Å²) < 4.78 is 37.0. The molecule has 3 nitrogen and oxygen atoms in total. The molecule has 1 aromatic heterocycles. The second-order valence-electron chi connectivity index (χ2n) is 3.59. The van der Waals surface area contributed by atoms with E-state index in [1.54, 1.807) is 0 Å². The first-order chi connectivity index (χ1) is 7.91. The third-order valence-corrected chi connectivity index (χ3v) is 3.24. The molecule has 1 saturated heterocycles. The van der Waals surface area contributed by atoms with E-state index in [0.29, 0.717) is 0 Å². The highest BCUT2D eigenvalue weighted by Crippen LogP contribution is 2.34. The van der Waals surface area contributed by atoms with Crippen LogP contribution in [0.25, 0.3) is 0 Å². The molecule has 0 radical (unpaired) electrons. The van der Waals surface area contributed by atoms with E-state index in [4.69, 9.17) is 6.42 Å². The maximum Gasteiger partial charge on any atom is 0.434 e. The van der Waals surface area contributed by atoms with Crippen molar-refractivity contribution in [3.63, 3.8) is 0 Å². The molecule has 0 saturated carbocycles. The van der Waals surface area contributed by atoms with Crippen LogP contribution in [0.3, 0.4) is 0 Å². The average molecular weight is 260 g/mol. The number of nitrogens with zero attached hydrogens (tertiary/aromatic N) is 2. The zero-order chi connectivity index (χ0) is 12.6. The lowest BCUT2D eigenvalue weighted by molar-refractivity contribution is -0.140. The maximum atomic E-state index is 12.3. The third kappa shape index (κ3) is 2.26. The highest BCUT2D eigenvalue weighted by atomic mass is 32.1. The average Bonchev–Trinajstić information content (AvgIpc) is 2.82. The van der Waals surface area contributed by atoms with Gasteiger partial charge in [0.15, 0.2) is 10.8 Å². The number of rotatable bonds is 1. The van der Waals surface area contributed by atoms with Crippen molar-refractivity contribution in [2.75, 3.05) is 11.4 Å². The van der Waals surface area contributed by atoms with Gasteiger partial charge in [-0.1, -0.05) is 0 Å². The molecule has 0 bridgehead atoms. The van der Waals surface area contributed by atoms with Crippen LogP contribution in [-0.4, -0.2) is 17.4 Å². The lowest BCUT2D eigenvalue weighted by atomic mass is 10.1. The summed E-state index contributed by atoms with van der Waals surface area (Å²) in [6, 6.07) is 0. The molecule has 1 unspecified atom stereocenters. The smallest absolute Gasteiger partial charge is 0.287 e. The van der Waals surface area contributed by atoms with E-state index in [2.05, 4.69) is 10.9 Å². The van der Waals surface area contributed by atoms with Crippen molar-refractivity contribution in [3.8, 4) is 12.3 Å². The fourth-order valence-corrected chi connectivity index (χ4v) is 2.38. The zero-order valence-electron chi connectivity index (χ0n) is 8.49. The minimum Gasteiger partial charge on any atom is -0.287 e. The Bertz CT molecular complexity index is 488. The number of carbonyl (C=O) groups is 1. The number of terminal acetylenes is 1. The van der Waals surface area contributed by atoms with E-state index >= 15 is 0 Å². The van der Waals surface area contributed by atoms with E-state index in [-0.39, 0.29) is 29.9 Å². The molecule has 2 heterocycles. The summed E-state index contributed by atoms with van der Waals surface area (Å²) in [5.74, 6) is 1.89. The molecule has 1 amide bonds. The van der Waals surface area contributed by atoms with Crippen molar-refractivity contribution in [1.29, 1.82) is 0 Å². The molecule has 0 aromatic carbocycles. The lowest BCUT2D eigenvalue weighted by Crippen LogP contribution is -2.24. The van der Waals surface area contributed by atoms with Crippen molar-refractivity contribution in [2.24, 2.45) is 5.92 Å². The predicted molar refractivity (Wildman–Crippen MR) is 56.4 cm³/mol. The number of hydrogen-bond donors (Lipinski definition) is 0. The summed E-state index contributed by atoms with van der Waals surface area (Å²) in [5, 5.41) is 0.950. The number of thiazole rings is 1. The summed E-state index contributed by atoms with van der Waals surface area (Å²) in [6.45, 7) is 0.236. The molecule has 1 fully saturated rings. The molecule has 1 aliphatic heterocycles. The van der Waals surface area contributed by atoms with Gasteiger partial charge in [0.1, 0.15) is 0 Å². The van der Waals surface area contributed by atoms with Crippen molar-refractivity contribution in [3.05, 3.63) is 11.1 Å². The minimum atomic E-state index is -4.48. The van der Waals surface area contributed by atoms with Crippen LogP contribution in [0.2, 0.25) is 0 Å². The molecule has 17 heavy (non-hydrogen) atoms. The van der Waals surface area contributed by atoms with Crippen molar-refractivity contribution < 1.29 is 18.0 Å². The van der Waals surface area contributed by atoms with E-state index < -0.39 is 11.9 Å². The highest BCUT2D eigenvalue weighted by molar-refractivity contribution is 7.14. The first-order valence-corrected chi connectivity index (χ1v) is 5.59. The van der Waals surface area contributed by atoms with Crippen LogP contribution in [0.15, 0.2) is 5.38 Å². The Hall–Kier alpha value is -1.55. The molecule has 0 N–H and O–H groups in total. The first kappa shape index (κ1) is 11.9. The van der Waals surface area contributed by atoms with Gasteiger partial charge in [0, 0.05) is 24.3 Å². The van der Waals surface area contributed by atoms with Crippen molar-refractivity contribution in [1.82, 2.24) is 4.98 Å². The Morgan fingerprint density at radius 1 is 1.59 bits per heavy atom. The van der Waals surface area contributed by atoms with E-state index in [1.165, 1.54) is 4.90 Å². The largest absolute Gasteiger partial charge is 0.434 e. The number of aromatic nitrogens is 1. The van der Waals surface area contributed by atoms with Crippen LogP contribution in [0, 0.1) is 18.3 Å². The minimum absolute atomic E-state index is 0.0556. The van der Waals surface area contributed by atoms with E-state index in [1.807, 2.05) is 0 Å². The SMILES string of the molecule is C#CC1CC(=O)N(c2nc(C(F)(F)F)cs2)C1. The number of halogens is 3. The van der Waals surface area contributed by atoms with Gasteiger partial charge in [-0.15, -0.1) is 23.7 Å². The van der Waals surface area contributed by atoms with Crippen LogP contribution < -0.4 is 4.90 Å². The van der Waals surface area contributed by atoms with Gasteiger partial charge in [0.25, 0.3) is 0 Å². The number of carbonyl (C=O) groups excluding carboxylic acids is 1. The molecule has 2 rings (SSSR count). The lowest BCUT2D eigenvalue weighted by Gasteiger charge is -2.11. The number of anilines is 1. The number of amides is 1. The molecular formula is C10H7F3N2OS. The second-order valence-corrected chi connectivity index (χ2v) is 4.42. The van der Waals surface area contributed by atoms with E-state index in [0.717, 1.165) is 16.7 Å². The molecule has 1 atom stereocenters. The molecule has 1 aliphatic rings. The highest BCUT2D eigenvalue weighted by Gasteiger charge is 2.36. The quantitative estimate of drug-likeness (QED) is 0.725. The molecule has 1 aromatic rings. The van der Waals surface area contributed by atoms with Gasteiger partial charge in [-0.2, -0.15) is 13.2 Å². The summed E-state index contributed by atoms with van der Waals surface area (Å²) in [6.07, 6.45) is 0.866. The van der Waals surface area contributed by atoms with Gasteiger partial charge in [-0.3, -0.25) is 9.69 Å². The number of hydrogen-bond acceptors (Lipinski definition) is 3. The molecule has 0 spiro atoms. The van der Waals surface area contributed by atoms with Crippen LogP contribution in [-0.2, 0) is 11.0 Å². The van der Waals surface area contributed by atoms with Gasteiger partial charge in [-0.25, -0.2) is 4.98 Å². The van der Waals surface area contributed by atoms with Crippen LogP contribution in [0.1, 0.15) is 12.1 Å². The standard InChI is InChI=1S/C10H7F3N2OS/c1-2-6-3-8(16)15(4-6)9-14-7(5-17-9)10(11,12)13/h1,5-6H,3-4H2. The van der Waals surface area contributed by atoms with Gasteiger partial charge >= 0.3 is 6.18 Å². The molecule has 90 valence electrons. The van der Waals surface area contributed by atoms with Gasteiger partial charge in [-0.05, 0) is 0 Å². The van der Waals surface area contributed by atoms with Crippen molar-refractivity contribution in [2.45, 2.75) is 12.6 Å². The fourth-order valence-electron chi connectivity index (χ4n) is 1.52. The van der Waals surface area contributed by atoms with Crippen molar-refractivity contribution >= 4 is 22.4 Å². The Morgan fingerprint density at radius 2 is 2.29 bits per heavy atom. The Balaban J connectivity index is 2.22. The van der Waals surface area contributed by atoms with E-state index in [9.17, 15) is 18.0 Å². The normalized spacial score (nSPS) is 20.7. The monoisotopic (exact) mass is 260 g/mol. The Morgan fingerprint density at radius 3 is 2.76 bits per heavy atom. The van der Waals surface area contributed by atoms with Gasteiger partial charge in [0.05, 0.1) is 0 Å². The number of alkyl halides is 3. The maximum absolute atomic E-state index is 12.3. The van der Waals surface area contributed by atoms with Crippen LogP contribution in [0.5, 0.6) is 0 Å². The second kappa shape index (κ2) is 4.04.